The zero-order chi connectivity index (χ0) is 23.7. The minimum absolute atomic E-state index is 0.0464. The lowest BCUT2D eigenvalue weighted by molar-refractivity contribution is -0.114. The van der Waals surface area contributed by atoms with Crippen LogP contribution in [0.5, 0.6) is 11.5 Å². The van der Waals surface area contributed by atoms with Gasteiger partial charge in [0.1, 0.15) is 6.61 Å². The molecule has 10 heteroatoms. The SMILES string of the molecule is COc1cc(C)ccc1OCCn1cccc1/C=C1/C(=N)N2N=C(N3CCCC3)SC2=NC1=O. The van der Waals surface area contributed by atoms with Gasteiger partial charge in [0.05, 0.1) is 19.2 Å². The number of nitrogens with zero attached hydrogens (tertiary/aromatic N) is 5. The predicted molar refractivity (Wildman–Crippen MR) is 133 cm³/mol. The molecule has 3 aliphatic rings. The van der Waals surface area contributed by atoms with E-state index in [1.807, 2.05) is 48.0 Å². The molecule has 0 aliphatic carbocycles. The molecule has 0 bridgehead atoms. The van der Waals surface area contributed by atoms with E-state index < -0.39 is 5.91 Å². The molecule has 0 spiro atoms. The molecular formula is C24H26N6O3S. The number of benzene rings is 1. The minimum atomic E-state index is -0.421. The van der Waals surface area contributed by atoms with Gasteiger partial charge >= 0.3 is 0 Å². The van der Waals surface area contributed by atoms with E-state index in [2.05, 4.69) is 15.0 Å². The summed E-state index contributed by atoms with van der Waals surface area (Å²) in [7, 11) is 1.62. The van der Waals surface area contributed by atoms with E-state index in [1.54, 1.807) is 13.2 Å². The normalized spacial score (nSPS) is 18.9. The summed E-state index contributed by atoms with van der Waals surface area (Å²) in [4.78, 5) is 19.1. The highest BCUT2D eigenvalue weighted by Crippen LogP contribution is 2.31. The monoisotopic (exact) mass is 478 g/mol. The van der Waals surface area contributed by atoms with Crippen molar-refractivity contribution in [3.63, 3.8) is 0 Å². The van der Waals surface area contributed by atoms with Crippen LogP contribution in [-0.4, -0.2) is 63.4 Å². The maximum atomic E-state index is 12.8. The number of ether oxygens (including phenoxy) is 2. The first-order valence-electron chi connectivity index (χ1n) is 11.2. The highest BCUT2D eigenvalue weighted by molar-refractivity contribution is 8.26. The van der Waals surface area contributed by atoms with Gasteiger partial charge in [0, 0.05) is 25.0 Å². The molecule has 3 aliphatic heterocycles. The smallest absolute Gasteiger partial charge is 0.283 e. The van der Waals surface area contributed by atoms with Crippen molar-refractivity contribution in [1.82, 2.24) is 14.5 Å². The number of thioether (sulfide) groups is 1. The summed E-state index contributed by atoms with van der Waals surface area (Å²) >= 11 is 1.36. The number of carbonyl (C=O) groups is 1. The Morgan fingerprint density at radius 3 is 2.79 bits per heavy atom. The van der Waals surface area contributed by atoms with Crippen LogP contribution in [0.1, 0.15) is 24.1 Å². The summed E-state index contributed by atoms with van der Waals surface area (Å²) in [6, 6.07) is 9.61. The number of fused-ring (bicyclic) bond motifs is 1. The van der Waals surface area contributed by atoms with Crippen LogP contribution in [0, 0.1) is 12.3 Å². The molecule has 1 aromatic heterocycles. The number of amidine groups is 3. The Morgan fingerprint density at radius 2 is 2.00 bits per heavy atom. The van der Waals surface area contributed by atoms with Gasteiger partial charge in [0.25, 0.3) is 5.91 Å². The number of nitrogens with one attached hydrogen (secondary N) is 1. The maximum Gasteiger partial charge on any atom is 0.283 e. The van der Waals surface area contributed by atoms with Gasteiger partial charge in [-0.1, -0.05) is 6.07 Å². The van der Waals surface area contributed by atoms with Crippen molar-refractivity contribution in [2.45, 2.75) is 26.3 Å². The van der Waals surface area contributed by atoms with Gasteiger partial charge in [-0.05, 0) is 67.4 Å². The largest absolute Gasteiger partial charge is 0.493 e. The molecule has 5 rings (SSSR count). The van der Waals surface area contributed by atoms with Crippen LogP contribution >= 0.6 is 11.8 Å². The van der Waals surface area contributed by atoms with Crippen LogP contribution in [0.25, 0.3) is 6.08 Å². The summed E-state index contributed by atoms with van der Waals surface area (Å²) in [5, 5.41) is 15.9. The molecule has 0 saturated carbocycles. The lowest BCUT2D eigenvalue weighted by atomic mass is 10.1. The molecule has 176 valence electrons. The second-order valence-electron chi connectivity index (χ2n) is 8.23. The number of methoxy groups -OCH3 is 1. The Morgan fingerprint density at radius 1 is 1.18 bits per heavy atom. The minimum Gasteiger partial charge on any atom is -0.493 e. The Balaban J connectivity index is 1.30. The second-order valence-corrected chi connectivity index (χ2v) is 9.16. The van der Waals surface area contributed by atoms with E-state index in [4.69, 9.17) is 14.9 Å². The Kier molecular flexibility index (Phi) is 6.14. The number of hydrogen-bond donors (Lipinski definition) is 1. The van der Waals surface area contributed by atoms with Crippen molar-refractivity contribution in [1.29, 1.82) is 5.41 Å². The van der Waals surface area contributed by atoms with Crippen LogP contribution in [-0.2, 0) is 11.3 Å². The van der Waals surface area contributed by atoms with Crippen molar-refractivity contribution in [3.05, 3.63) is 53.4 Å². The number of amides is 1. The molecular weight excluding hydrogens is 452 g/mol. The van der Waals surface area contributed by atoms with Crippen molar-refractivity contribution in [2.75, 3.05) is 26.8 Å². The molecule has 9 nitrogen and oxygen atoms in total. The van der Waals surface area contributed by atoms with Crippen molar-refractivity contribution in [2.24, 2.45) is 10.1 Å². The molecule has 0 unspecified atom stereocenters. The summed E-state index contributed by atoms with van der Waals surface area (Å²) in [5.74, 6) is 1.01. The van der Waals surface area contributed by atoms with Crippen LogP contribution in [0.15, 0.2) is 52.2 Å². The van der Waals surface area contributed by atoms with Crippen LogP contribution in [0.2, 0.25) is 0 Å². The molecule has 2 aromatic rings. The molecule has 1 fully saturated rings. The molecule has 1 saturated heterocycles. The van der Waals surface area contributed by atoms with Crippen molar-refractivity contribution in [3.8, 4) is 11.5 Å². The third-order valence-corrected chi connectivity index (χ3v) is 6.86. The lowest BCUT2D eigenvalue weighted by Crippen LogP contribution is -2.35. The van der Waals surface area contributed by atoms with Gasteiger partial charge in [0.2, 0.25) is 5.17 Å². The summed E-state index contributed by atoms with van der Waals surface area (Å²) < 4.78 is 13.3. The topological polar surface area (TPSA) is 95.5 Å². The van der Waals surface area contributed by atoms with Gasteiger partial charge in [-0.2, -0.15) is 10.0 Å². The third-order valence-electron chi connectivity index (χ3n) is 5.89. The van der Waals surface area contributed by atoms with E-state index in [9.17, 15) is 4.79 Å². The first-order valence-corrected chi connectivity index (χ1v) is 12.0. The molecule has 0 radical (unpaired) electrons. The molecule has 34 heavy (non-hydrogen) atoms. The van der Waals surface area contributed by atoms with Crippen molar-refractivity contribution >= 4 is 39.9 Å². The third kappa shape index (κ3) is 4.33. The maximum absolute atomic E-state index is 12.8. The number of rotatable bonds is 6. The molecule has 1 amide bonds. The Labute approximate surface area is 202 Å². The van der Waals surface area contributed by atoms with Gasteiger partial charge in [-0.15, -0.1) is 5.10 Å². The quantitative estimate of drug-likeness (QED) is 0.638. The average molecular weight is 479 g/mol. The Hall–Kier alpha value is -3.53. The van der Waals surface area contributed by atoms with Gasteiger partial charge in [-0.25, -0.2) is 0 Å². The zero-order valence-electron chi connectivity index (χ0n) is 19.2. The van der Waals surface area contributed by atoms with E-state index >= 15 is 0 Å². The summed E-state index contributed by atoms with van der Waals surface area (Å²) in [6.07, 6.45) is 5.88. The number of aliphatic imine (C=N–C) groups is 1. The van der Waals surface area contributed by atoms with E-state index in [0.29, 0.717) is 29.8 Å². The number of carbonyl (C=O) groups excluding carboxylic acids is 1. The molecule has 0 atom stereocenters. The Bertz CT molecular complexity index is 1230. The second kappa shape index (κ2) is 9.38. The number of hydrazone groups is 1. The van der Waals surface area contributed by atoms with Crippen LogP contribution in [0.4, 0.5) is 0 Å². The molecule has 1 N–H and O–H groups in total. The number of aromatic nitrogens is 1. The van der Waals surface area contributed by atoms with Gasteiger partial charge in [0.15, 0.2) is 22.5 Å². The predicted octanol–water partition coefficient (Wildman–Crippen LogP) is 3.56. The standard InChI is InChI=1S/C24H26N6O3S/c1-16-7-8-19(20(14-16)32-2)33-13-12-28-11-5-6-17(28)15-18-21(25)30-23(26-22(18)31)34-24(27-30)29-9-3-4-10-29/h5-8,11,14-15,25H,3-4,9-10,12-13H2,1-2H3/b18-15-,25-21?. The van der Waals surface area contributed by atoms with Crippen molar-refractivity contribution < 1.29 is 14.3 Å². The van der Waals surface area contributed by atoms with E-state index in [0.717, 1.165) is 42.4 Å². The fraction of sp³-hybridized carbons (Fsp3) is 0.333. The van der Waals surface area contributed by atoms with E-state index in [-0.39, 0.29) is 11.4 Å². The fourth-order valence-electron chi connectivity index (χ4n) is 4.08. The van der Waals surface area contributed by atoms with Crippen LogP contribution < -0.4 is 9.47 Å². The highest BCUT2D eigenvalue weighted by atomic mass is 32.2. The summed E-state index contributed by atoms with van der Waals surface area (Å²) in [6.45, 7) is 4.88. The lowest BCUT2D eigenvalue weighted by Gasteiger charge is -2.20. The van der Waals surface area contributed by atoms with E-state index in [1.165, 1.54) is 16.8 Å². The number of likely N-dealkylation sites (tertiary alicyclic amines) is 1. The molecule has 1 aromatic carbocycles. The average Bonchev–Trinajstić information content (AvgIpc) is 3.58. The van der Waals surface area contributed by atoms with Gasteiger partial charge in [-0.3, -0.25) is 10.2 Å². The van der Waals surface area contributed by atoms with Crippen LogP contribution in [0.3, 0.4) is 0 Å². The molecule has 4 heterocycles. The summed E-state index contributed by atoms with van der Waals surface area (Å²) in [5.41, 5.74) is 2.11. The highest BCUT2D eigenvalue weighted by Gasteiger charge is 2.37. The number of aryl methyl sites for hydroxylation is 1. The number of hydrogen-bond acceptors (Lipinski definition) is 7. The van der Waals surface area contributed by atoms with Gasteiger partial charge < -0.3 is 18.9 Å². The zero-order valence-corrected chi connectivity index (χ0v) is 20.0. The first-order chi connectivity index (χ1) is 16.5. The first kappa shape index (κ1) is 22.3. The fourth-order valence-corrected chi connectivity index (χ4v) is 5.02.